The largest absolute Gasteiger partial charge is 0.207 e. The van der Waals surface area contributed by atoms with Gasteiger partial charge in [-0.25, -0.2) is 4.39 Å². The first-order valence-corrected chi connectivity index (χ1v) is 4.75. The fourth-order valence-electron chi connectivity index (χ4n) is 1.30. The van der Waals surface area contributed by atoms with Crippen LogP contribution in [0.15, 0.2) is 24.3 Å². The molecule has 0 saturated carbocycles. The minimum Gasteiger partial charge on any atom is -0.207 e. The van der Waals surface area contributed by atoms with Crippen LogP contribution in [0.2, 0.25) is 0 Å². The predicted octanol–water partition coefficient (Wildman–Crippen LogP) is 3.31. The van der Waals surface area contributed by atoms with Gasteiger partial charge in [0, 0.05) is 0 Å². The third kappa shape index (κ3) is 2.56. The zero-order valence-corrected chi connectivity index (χ0v) is 8.55. The van der Waals surface area contributed by atoms with Gasteiger partial charge in [0.25, 0.3) is 0 Å². The summed E-state index contributed by atoms with van der Waals surface area (Å²) >= 11 is 0. The van der Waals surface area contributed by atoms with Gasteiger partial charge >= 0.3 is 0 Å². The molecule has 1 rings (SSSR count). The van der Waals surface area contributed by atoms with Crippen LogP contribution in [0.5, 0.6) is 0 Å². The predicted molar refractivity (Wildman–Crippen MR) is 54.1 cm³/mol. The van der Waals surface area contributed by atoms with Gasteiger partial charge in [-0.2, -0.15) is 5.26 Å². The number of nitriles is 1. The standard InChI is InChI=1S/C12H14FN/c1-3-12(2,9-14)8-10-4-6-11(13)7-5-10/h4-7H,3,8H2,1-2H3. The van der Waals surface area contributed by atoms with E-state index >= 15 is 0 Å². The topological polar surface area (TPSA) is 23.8 Å². The van der Waals surface area contributed by atoms with E-state index in [1.165, 1.54) is 12.1 Å². The average Bonchev–Trinajstić information content (AvgIpc) is 2.21. The van der Waals surface area contributed by atoms with Crippen LogP contribution in [0.25, 0.3) is 0 Å². The molecule has 0 heterocycles. The summed E-state index contributed by atoms with van der Waals surface area (Å²) in [6.07, 6.45) is 1.49. The third-order valence-electron chi connectivity index (χ3n) is 2.56. The molecule has 0 N–H and O–H groups in total. The van der Waals surface area contributed by atoms with Crippen LogP contribution in [0.1, 0.15) is 25.8 Å². The summed E-state index contributed by atoms with van der Waals surface area (Å²) < 4.78 is 12.6. The molecule has 2 heteroatoms. The first-order chi connectivity index (χ1) is 6.59. The molecule has 74 valence electrons. The zero-order valence-electron chi connectivity index (χ0n) is 8.55. The van der Waals surface area contributed by atoms with E-state index in [1.54, 1.807) is 12.1 Å². The molecule has 0 bridgehead atoms. The second-order valence-corrected chi connectivity index (χ2v) is 3.83. The van der Waals surface area contributed by atoms with Gasteiger partial charge in [0.2, 0.25) is 0 Å². The summed E-state index contributed by atoms with van der Waals surface area (Å²) in [5.74, 6) is -0.232. The summed E-state index contributed by atoms with van der Waals surface area (Å²) in [7, 11) is 0. The lowest BCUT2D eigenvalue weighted by Crippen LogP contribution is -2.15. The second-order valence-electron chi connectivity index (χ2n) is 3.83. The van der Waals surface area contributed by atoms with E-state index < -0.39 is 0 Å². The molecule has 1 nitrogen and oxygen atoms in total. The number of rotatable bonds is 3. The molecule has 0 aliphatic carbocycles. The van der Waals surface area contributed by atoms with Crippen molar-refractivity contribution in [2.75, 3.05) is 0 Å². The molecule has 1 aromatic rings. The molecule has 1 aromatic carbocycles. The van der Waals surface area contributed by atoms with Gasteiger partial charge in [-0.1, -0.05) is 19.1 Å². The van der Waals surface area contributed by atoms with Crippen molar-refractivity contribution in [3.05, 3.63) is 35.6 Å². The molecule has 0 aromatic heterocycles. The molecule has 1 unspecified atom stereocenters. The van der Waals surface area contributed by atoms with E-state index in [9.17, 15) is 4.39 Å². The Hall–Kier alpha value is -1.36. The second kappa shape index (κ2) is 4.23. The van der Waals surface area contributed by atoms with Crippen LogP contribution >= 0.6 is 0 Å². The molecule has 0 aliphatic rings. The highest BCUT2D eigenvalue weighted by atomic mass is 19.1. The number of halogens is 1. The van der Waals surface area contributed by atoms with Crippen molar-refractivity contribution in [2.24, 2.45) is 5.41 Å². The highest BCUT2D eigenvalue weighted by Crippen LogP contribution is 2.25. The Bertz CT molecular complexity index is 336. The first kappa shape index (κ1) is 10.7. The van der Waals surface area contributed by atoms with E-state index in [1.807, 2.05) is 13.8 Å². The van der Waals surface area contributed by atoms with Gasteiger partial charge in [0.1, 0.15) is 5.82 Å². The molecule has 0 saturated heterocycles. The average molecular weight is 191 g/mol. The summed E-state index contributed by atoms with van der Waals surface area (Å²) in [6.45, 7) is 3.92. The Morgan fingerprint density at radius 3 is 2.36 bits per heavy atom. The Balaban J connectivity index is 2.79. The zero-order chi connectivity index (χ0) is 10.6. The van der Waals surface area contributed by atoms with Crippen molar-refractivity contribution in [2.45, 2.75) is 26.7 Å². The maximum absolute atomic E-state index is 12.6. The molecule has 0 amide bonds. The van der Waals surface area contributed by atoms with Crippen LogP contribution < -0.4 is 0 Å². The highest BCUT2D eigenvalue weighted by molar-refractivity contribution is 5.19. The number of nitrogens with zero attached hydrogens (tertiary/aromatic N) is 1. The van der Waals surface area contributed by atoms with E-state index in [4.69, 9.17) is 5.26 Å². The summed E-state index contributed by atoms with van der Waals surface area (Å²) in [5, 5.41) is 8.98. The van der Waals surface area contributed by atoms with Crippen LogP contribution in [-0.4, -0.2) is 0 Å². The highest BCUT2D eigenvalue weighted by Gasteiger charge is 2.21. The SMILES string of the molecule is CCC(C)(C#N)Cc1ccc(F)cc1. The van der Waals surface area contributed by atoms with Gasteiger partial charge in [-0.05, 0) is 37.5 Å². The Morgan fingerprint density at radius 1 is 1.36 bits per heavy atom. The van der Waals surface area contributed by atoms with E-state index in [0.29, 0.717) is 6.42 Å². The van der Waals surface area contributed by atoms with Crippen LogP contribution in [0, 0.1) is 22.6 Å². The number of benzene rings is 1. The van der Waals surface area contributed by atoms with Crippen molar-refractivity contribution in [1.29, 1.82) is 5.26 Å². The van der Waals surface area contributed by atoms with Crippen LogP contribution in [0.3, 0.4) is 0 Å². The molecule has 14 heavy (non-hydrogen) atoms. The quantitative estimate of drug-likeness (QED) is 0.719. The van der Waals surface area contributed by atoms with Crippen molar-refractivity contribution in [1.82, 2.24) is 0 Å². The van der Waals surface area contributed by atoms with E-state index in [-0.39, 0.29) is 11.2 Å². The van der Waals surface area contributed by atoms with Crippen LogP contribution in [0.4, 0.5) is 4.39 Å². The Kier molecular flexibility index (Phi) is 3.24. The maximum atomic E-state index is 12.6. The molecule has 0 fully saturated rings. The lowest BCUT2D eigenvalue weighted by molar-refractivity contribution is 0.422. The minimum atomic E-state index is -0.335. The van der Waals surface area contributed by atoms with E-state index in [2.05, 4.69) is 6.07 Å². The maximum Gasteiger partial charge on any atom is 0.123 e. The lowest BCUT2D eigenvalue weighted by Gasteiger charge is -2.18. The molecular weight excluding hydrogens is 177 g/mol. The summed E-state index contributed by atoms with van der Waals surface area (Å²) in [4.78, 5) is 0. The van der Waals surface area contributed by atoms with Gasteiger partial charge in [-0.3, -0.25) is 0 Å². The van der Waals surface area contributed by atoms with Gasteiger partial charge in [0.15, 0.2) is 0 Å². The number of hydrogen-bond acceptors (Lipinski definition) is 1. The first-order valence-electron chi connectivity index (χ1n) is 4.75. The van der Waals surface area contributed by atoms with Crippen molar-refractivity contribution < 1.29 is 4.39 Å². The molecule has 0 spiro atoms. The summed E-state index contributed by atoms with van der Waals surface area (Å²) in [5.41, 5.74) is 0.676. The van der Waals surface area contributed by atoms with Gasteiger partial charge in [-0.15, -0.1) is 0 Å². The minimum absolute atomic E-state index is 0.232. The smallest absolute Gasteiger partial charge is 0.123 e. The lowest BCUT2D eigenvalue weighted by atomic mass is 9.83. The monoisotopic (exact) mass is 191 g/mol. The molecule has 1 atom stereocenters. The number of hydrogen-bond donors (Lipinski definition) is 0. The van der Waals surface area contributed by atoms with Crippen molar-refractivity contribution in [3.8, 4) is 6.07 Å². The summed E-state index contributed by atoms with van der Waals surface area (Å²) in [6, 6.07) is 8.64. The van der Waals surface area contributed by atoms with Gasteiger partial charge < -0.3 is 0 Å². The molecule has 0 aliphatic heterocycles. The molecular formula is C12H14FN. The Morgan fingerprint density at radius 2 is 1.93 bits per heavy atom. The molecule has 0 radical (unpaired) electrons. The van der Waals surface area contributed by atoms with Crippen molar-refractivity contribution >= 4 is 0 Å². The van der Waals surface area contributed by atoms with E-state index in [0.717, 1.165) is 12.0 Å². The fourth-order valence-corrected chi connectivity index (χ4v) is 1.30. The van der Waals surface area contributed by atoms with Crippen LogP contribution in [-0.2, 0) is 6.42 Å². The van der Waals surface area contributed by atoms with Crippen molar-refractivity contribution in [3.63, 3.8) is 0 Å². The Labute approximate surface area is 84.2 Å². The fraction of sp³-hybridized carbons (Fsp3) is 0.417. The third-order valence-corrected chi connectivity index (χ3v) is 2.56. The normalized spacial score (nSPS) is 14.4. The van der Waals surface area contributed by atoms with Gasteiger partial charge in [0.05, 0.1) is 11.5 Å².